The second-order valence-corrected chi connectivity index (χ2v) is 4.50. The lowest BCUT2D eigenvalue weighted by Crippen LogP contribution is -1.93. The van der Waals surface area contributed by atoms with Gasteiger partial charge in [0, 0.05) is 6.26 Å². The smallest absolute Gasteiger partial charge is 0.116 e. The van der Waals surface area contributed by atoms with Gasteiger partial charge in [0.2, 0.25) is 0 Å². The second-order valence-electron chi connectivity index (χ2n) is 2.34. The first-order valence-electron chi connectivity index (χ1n) is 3.03. The molecule has 4 heteroatoms. The number of hydrogen-bond donors (Lipinski definition) is 2. The third-order valence-electron chi connectivity index (χ3n) is 1.27. The van der Waals surface area contributed by atoms with E-state index in [1.165, 1.54) is 18.4 Å². The molecule has 0 aliphatic rings. The van der Waals surface area contributed by atoms with Gasteiger partial charge in [-0.1, -0.05) is 6.07 Å². The van der Waals surface area contributed by atoms with Gasteiger partial charge in [-0.25, -0.2) is 8.99 Å². The zero-order valence-electron chi connectivity index (χ0n) is 6.07. The van der Waals surface area contributed by atoms with E-state index in [1.54, 1.807) is 12.1 Å². The molecule has 0 aliphatic carbocycles. The monoisotopic (exact) mass is 171 g/mol. The summed E-state index contributed by atoms with van der Waals surface area (Å²) in [5.74, 6) is 0.0457. The first-order chi connectivity index (χ1) is 5.00. The van der Waals surface area contributed by atoms with Crippen molar-refractivity contribution in [1.29, 1.82) is 4.78 Å². The number of nitrogens with one attached hydrogen (secondary N) is 1. The topological polar surface area (TPSA) is 61.2 Å². The molecule has 0 fully saturated rings. The fourth-order valence-electron chi connectivity index (χ4n) is 0.726. The number of hydrogen-bond acceptors (Lipinski definition) is 3. The minimum absolute atomic E-state index is 0.0457. The van der Waals surface area contributed by atoms with Crippen molar-refractivity contribution < 1.29 is 9.32 Å². The van der Waals surface area contributed by atoms with Crippen LogP contribution in [0.25, 0.3) is 0 Å². The Morgan fingerprint density at radius 3 is 2.55 bits per heavy atom. The van der Waals surface area contributed by atoms with Crippen LogP contribution in [-0.2, 0) is 9.73 Å². The molecule has 1 aromatic carbocycles. The van der Waals surface area contributed by atoms with Crippen molar-refractivity contribution in [3.63, 3.8) is 0 Å². The Kier molecular flexibility index (Phi) is 1.87. The van der Waals surface area contributed by atoms with Crippen LogP contribution in [0, 0.1) is 4.78 Å². The lowest BCUT2D eigenvalue weighted by atomic mass is 10.3. The van der Waals surface area contributed by atoms with Gasteiger partial charge in [0.1, 0.15) is 5.75 Å². The molecule has 0 radical (unpaired) electrons. The zero-order chi connectivity index (χ0) is 8.48. The summed E-state index contributed by atoms with van der Waals surface area (Å²) < 4.78 is 18.3. The standard InChI is InChI=1S/C7H9NO2S/c1-11(8,10)7-4-2-3-6(9)5-7/h2-5,8-9H,1H3/t11-/m1/s1. The average Bonchev–Trinajstić information content (AvgIpc) is 1.86. The highest BCUT2D eigenvalue weighted by molar-refractivity contribution is 7.91. The minimum atomic E-state index is -2.69. The number of aromatic hydroxyl groups is 1. The van der Waals surface area contributed by atoms with Crippen LogP contribution in [0.4, 0.5) is 0 Å². The molecule has 2 N–H and O–H groups in total. The maximum atomic E-state index is 11.1. The Balaban J connectivity index is 3.28. The third-order valence-corrected chi connectivity index (χ3v) is 2.42. The predicted molar refractivity (Wildman–Crippen MR) is 43.2 cm³/mol. The number of benzene rings is 1. The molecular weight excluding hydrogens is 162 g/mol. The van der Waals surface area contributed by atoms with E-state index in [4.69, 9.17) is 9.89 Å². The molecule has 0 saturated carbocycles. The highest BCUT2D eigenvalue weighted by atomic mass is 32.2. The Labute approximate surface area is 65.7 Å². The van der Waals surface area contributed by atoms with Gasteiger partial charge >= 0.3 is 0 Å². The van der Waals surface area contributed by atoms with Gasteiger partial charge in [-0.05, 0) is 18.2 Å². The third kappa shape index (κ3) is 1.94. The maximum absolute atomic E-state index is 11.1. The molecule has 0 saturated heterocycles. The lowest BCUT2D eigenvalue weighted by Gasteiger charge is -1.99. The Bertz CT molecular complexity index is 356. The second kappa shape index (κ2) is 2.54. The van der Waals surface area contributed by atoms with Crippen LogP contribution in [0.2, 0.25) is 0 Å². The van der Waals surface area contributed by atoms with Crippen molar-refractivity contribution in [3.05, 3.63) is 24.3 Å². The molecule has 0 aliphatic heterocycles. The lowest BCUT2D eigenvalue weighted by molar-refractivity contribution is 0.473. The Morgan fingerprint density at radius 1 is 1.55 bits per heavy atom. The molecule has 0 heterocycles. The van der Waals surface area contributed by atoms with Crippen molar-refractivity contribution >= 4 is 9.73 Å². The predicted octanol–water partition coefficient (Wildman–Crippen LogP) is 1.43. The van der Waals surface area contributed by atoms with E-state index in [2.05, 4.69) is 0 Å². The minimum Gasteiger partial charge on any atom is -0.508 e. The molecule has 1 aromatic rings. The fourth-order valence-corrected chi connectivity index (χ4v) is 1.41. The maximum Gasteiger partial charge on any atom is 0.116 e. The van der Waals surface area contributed by atoms with Crippen LogP contribution in [0.3, 0.4) is 0 Å². The summed E-state index contributed by atoms with van der Waals surface area (Å²) in [6, 6.07) is 5.96. The van der Waals surface area contributed by atoms with Crippen LogP contribution >= 0.6 is 0 Å². The van der Waals surface area contributed by atoms with Crippen LogP contribution < -0.4 is 0 Å². The van der Waals surface area contributed by atoms with Gasteiger partial charge in [0.15, 0.2) is 0 Å². The van der Waals surface area contributed by atoms with E-state index in [0.29, 0.717) is 4.90 Å². The first kappa shape index (κ1) is 8.07. The van der Waals surface area contributed by atoms with E-state index in [0.717, 1.165) is 0 Å². The van der Waals surface area contributed by atoms with E-state index in [-0.39, 0.29) is 5.75 Å². The van der Waals surface area contributed by atoms with E-state index >= 15 is 0 Å². The van der Waals surface area contributed by atoms with Crippen LogP contribution in [0.1, 0.15) is 0 Å². The van der Waals surface area contributed by atoms with E-state index < -0.39 is 9.73 Å². The fraction of sp³-hybridized carbons (Fsp3) is 0.143. The highest BCUT2D eigenvalue weighted by Crippen LogP contribution is 2.15. The van der Waals surface area contributed by atoms with Crippen molar-refractivity contribution in [3.8, 4) is 5.75 Å². The molecule has 11 heavy (non-hydrogen) atoms. The molecule has 60 valence electrons. The quantitative estimate of drug-likeness (QED) is 0.671. The summed E-state index contributed by atoms with van der Waals surface area (Å²) in [7, 11) is -2.69. The normalized spacial score (nSPS) is 15.7. The summed E-state index contributed by atoms with van der Waals surface area (Å²) >= 11 is 0. The highest BCUT2D eigenvalue weighted by Gasteiger charge is 2.01. The molecule has 3 nitrogen and oxygen atoms in total. The number of phenolic OH excluding ortho intramolecular Hbond substituents is 1. The van der Waals surface area contributed by atoms with Gasteiger partial charge in [-0.15, -0.1) is 0 Å². The molecule has 1 atom stereocenters. The molecule has 0 bridgehead atoms. The van der Waals surface area contributed by atoms with E-state index in [9.17, 15) is 4.21 Å². The summed E-state index contributed by atoms with van der Waals surface area (Å²) in [5, 5.41) is 8.97. The van der Waals surface area contributed by atoms with Crippen molar-refractivity contribution in [1.82, 2.24) is 0 Å². The van der Waals surface area contributed by atoms with Gasteiger partial charge in [-0.2, -0.15) is 0 Å². The molecule has 0 amide bonds. The van der Waals surface area contributed by atoms with Crippen molar-refractivity contribution in [2.24, 2.45) is 0 Å². The largest absolute Gasteiger partial charge is 0.508 e. The van der Waals surface area contributed by atoms with Gasteiger partial charge < -0.3 is 5.11 Å². The van der Waals surface area contributed by atoms with Crippen molar-refractivity contribution in [2.75, 3.05) is 6.26 Å². The molecule has 0 spiro atoms. The van der Waals surface area contributed by atoms with Gasteiger partial charge in [-0.3, -0.25) is 0 Å². The van der Waals surface area contributed by atoms with E-state index in [1.807, 2.05) is 0 Å². The zero-order valence-corrected chi connectivity index (χ0v) is 6.89. The summed E-state index contributed by atoms with van der Waals surface area (Å²) in [6.07, 6.45) is 1.32. The molecule has 1 rings (SSSR count). The summed E-state index contributed by atoms with van der Waals surface area (Å²) in [5.41, 5.74) is 0. The van der Waals surface area contributed by atoms with Crippen molar-refractivity contribution in [2.45, 2.75) is 4.90 Å². The molecule has 0 unspecified atom stereocenters. The van der Waals surface area contributed by atoms with Gasteiger partial charge in [0.25, 0.3) is 0 Å². The average molecular weight is 171 g/mol. The first-order valence-corrected chi connectivity index (χ1v) is 4.99. The summed E-state index contributed by atoms with van der Waals surface area (Å²) in [4.78, 5) is 0.359. The SMILES string of the molecule is C[S@@](=N)(=O)c1cccc(O)c1. The number of rotatable bonds is 1. The molecule has 0 aromatic heterocycles. The molecular formula is C7H9NO2S. The summed E-state index contributed by atoms with van der Waals surface area (Å²) in [6.45, 7) is 0. The van der Waals surface area contributed by atoms with Crippen LogP contribution in [0.5, 0.6) is 5.75 Å². The van der Waals surface area contributed by atoms with Crippen LogP contribution in [-0.4, -0.2) is 15.6 Å². The Morgan fingerprint density at radius 2 is 2.18 bits per heavy atom. The van der Waals surface area contributed by atoms with Crippen LogP contribution in [0.15, 0.2) is 29.2 Å². The number of phenols is 1. The Hall–Kier alpha value is -1.03. The van der Waals surface area contributed by atoms with Gasteiger partial charge in [0.05, 0.1) is 14.6 Å².